The normalized spacial score (nSPS) is 14.9. The highest BCUT2D eigenvalue weighted by Crippen LogP contribution is 2.24. The molecule has 1 aromatic rings. The minimum absolute atomic E-state index is 0.212. The van der Waals surface area contributed by atoms with Gasteiger partial charge in [0, 0.05) is 0 Å². The van der Waals surface area contributed by atoms with Gasteiger partial charge in [-0.3, -0.25) is 4.79 Å². The van der Waals surface area contributed by atoms with Crippen LogP contribution in [0.3, 0.4) is 0 Å². The third kappa shape index (κ3) is 3.26. The first-order chi connectivity index (χ1) is 8.29. The lowest BCUT2D eigenvalue weighted by Gasteiger charge is -2.10. The Bertz CT molecular complexity index is 501. The number of rotatable bonds is 4. The zero-order valence-electron chi connectivity index (χ0n) is 8.97. The molecule has 0 saturated carbocycles. The maximum absolute atomic E-state index is 10.6. The quantitative estimate of drug-likeness (QED) is 0.676. The zero-order chi connectivity index (χ0) is 12.1. The zero-order valence-corrected chi connectivity index (χ0v) is 11.1. The summed E-state index contributed by atoms with van der Waals surface area (Å²) in [6.45, 7) is 0.421. The first-order valence-electron chi connectivity index (χ1n) is 5.04. The van der Waals surface area contributed by atoms with Gasteiger partial charge < -0.3 is 9.84 Å². The molecule has 3 nitrogen and oxygen atoms in total. The Morgan fingerprint density at radius 1 is 1.24 bits per heavy atom. The summed E-state index contributed by atoms with van der Waals surface area (Å²) in [6, 6.07) is 9.74. The predicted molar refractivity (Wildman–Crippen MR) is 75.1 cm³/mol. The number of allylic oxidation sites excluding steroid dienone is 2. The molecule has 4 heteroatoms. The smallest absolute Gasteiger partial charge is 0.191 e. The summed E-state index contributed by atoms with van der Waals surface area (Å²) >= 11 is -0.765. The van der Waals surface area contributed by atoms with Gasteiger partial charge in [-0.05, 0) is 38.4 Å². The number of aldehydes is 1. The van der Waals surface area contributed by atoms with Crippen molar-refractivity contribution in [1.29, 1.82) is 0 Å². The van der Waals surface area contributed by atoms with Crippen molar-refractivity contribution in [2.75, 3.05) is 0 Å². The molecule has 0 aliphatic carbocycles. The first-order valence-corrected chi connectivity index (χ1v) is 7.20. The minimum Gasteiger partial charge on any atom is -0.500 e. The molecule has 1 N–H and O–H groups in total. The van der Waals surface area contributed by atoms with Crippen LogP contribution in [-0.2, 0) is 16.1 Å². The Hall–Kier alpha value is -1.43. The molecule has 0 bridgehead atoms. The number of aliphatic hydroxyl groups is 1. The number of halogens is 1. The number of ether oxygens (including phenoxy) is 1. The maximum Gasteiger partial charge on any atom is 0.191 e. The highest BCUT2D eigenvalue weighted by atomic mass is 127. The minimum atomic E-state index is -0.765. The van der Waals surface area contributed by atoms with Gasteiger partial charge in [0.15, 0.2) is 15.8 Å². The molecule has 1 heterocycles. The summed E-state index contributed by atoms with van der Waals surface area (Å²) in [4.78, 5) is 10.6. The molecular weight excluding hydrogens is 331 g/mol. The number of aliphatic hydroxyl groups excluding tert-OH is 1. The summed E-state index contributed by atoms with van der Waals surface area (Å²) in [7, 11) is 0. The van der Waals surface area contributed by atoms with E-state index in [2.05, 4.69) is 0 Å². The van der Waals surface area contributed by atoms with E-state index in [0.717, 1.165) is 11.8 Å². The number of carbonyl (C=O) groups is 1. The Labute approximate surface area is 109 Å². The fourth-order valence-corrected chi connectivity index (χ4v) is 2.99. The molecule has 1 aliphatic heterocycles. The lowest BCUT2D eigenvalue weighted by molar-refractivity contribution is -0.102. The molecule has 0 atom stereocenters. The Morgan fingerprint density at radius 3 is 2.65 bits per heavy atom. The van der Waals surface area contributed by atoms with Crippen LogP contribution in [0, 0.1) is 0 Å². The van der Waals surface area contributed by atoms with Crippen molar-refractivity contribution in [2.24, 2.45) is 0 Å². The second-order valence-corrected chi connectivity index (χ2v) is 6.17. The molecule has 1 aromatic carbocycles. The van der Waals surface area contributed by atoms with Crippen LogP contribution in [0.1, 0.15) is 5.56 Å². The average molecular weight is 342 g/mol. The van der Waals surface area contributed by atoms with Crippen molar-refractivity contribution in [2.45, 2.75) is 6.61 Å². The fraction of sp³-hybridized carbons (Fsp3) is 0.0769. The molecule has 0 spiro atoms. The van der Waals surface area contributed by atoms with E-state index in [1.807, 2.05) is 30.3 Å². The van der Waals surface area contributed by atoms with Gasteiger partial charge in [-0.2, -0.15) is 0 Å². The molecule has 0 unspecified atom stereocenters. The highest BCUT2D eigenvalue weighted by Gasteiger charge is 2.09. The van der Waals surface area contributed by atoms with E-state index >= 15 is 0 Å². The lowest BCUT2D eigenvalue weighted by Crippen LogP contribution is -2.00. The van der Waals surface area contributed by atoms with Crippen molar-refractivity contribution >= 4 is 30.5 Å². The van der Waals surface area contributed by atoms with Crippen LogP contribution < -0.4 is 0 Å². The lowest BCUT2D eigenvalue weighted by atomic mass is 10.2. The Balaban J connectivity index is 2.04. The van der Waals surface area contributed by atoms with Crippen LogP contribution in [0.15, 0.2) is 52.0 Å². The van der Waals surface area contributed by atoms with Gasteiger partial charge in [0.2, 0.25) is 0 Å². The van der Waals surface area contributed by atoms with E-state index in [0.29, 0.717) is 15.9 Å². The number of benzene rings is 1. The van der Waals surface area contributed by atoms with E-state index < -0.39 is 20.7 Å². The van der Waals surface area contributed by atoms with E-state index in [4.69, 9.17) is 4.74 Å². The monoisotopic (exact) mass is 342 g/mol. The summed E-state index contributed by atoms with van der Waals surface area (Å²) in [5.74, 6) is 0.479. The van der Waals surface area contributed by atoms with Gasteiger partial charge in [0.1, 0.15) is 6.61 Å². The molecule has 2 rings (SSSR count). The summed E-state index contributed by atoms with van der Waals surface area (Å²) in [5, 5.41) is 9.72. The second kappa shape index (κ2) is 5.77. The topological polar surface area (TPSA) is 46.5 Å². The van der Waals surface area contributed by atoms with Crippen LogP contribution in [-0.4, -0.2) is 14.9 Å². The third-order valence-corrected chi connectivity index (χ3v) is 4.42. The van der Waals surface area contributed by atoms with Crippen molar-refractivity contribution in [1.82, 2.24) is 0 Å². The van der Waals surface area contributed by atoms with Crippen LogP contribution in [0.5, 0.6) is 0 Å². The van der Waals surface area contributed by atoms with Crippen LogP contribution in [0.25, 0.3) is 0 Å². The van der Waals surface area contributed by atoms with Crippen molar-refractivity contribution in [3.63, 3.8) is 0 Å². The van der Waals surface area contributed by atoms with Crippen molar-refractivity contribution in [3.8, 4) is 0 Å². The predicted octanol–water partition coefficient (Wildman–Crippen LogP) is 2.84. The standard InChI is InChI=1S/C13H11IO3/c15-8-11-6-7-12(13(16)14-11)17-9-10-4-2-1-3-5-10/h1-8,16H,9H2. The fourth-order valence-electron chi connectivity index (χ4n) is 1.31. The van der Waals surface area contributed by atoms with Gasteiger partial charge in [-0.15, -0.1) is 0 Å². The van der Waals surface area contributed by atoms with Gasteiger partial charge in [0.05, 0.1) is 3.51 Å². The van der Waals surface area contributed by atoms with Gasteiger partial charge in [-0.1, -0.05) is 30.3 Å². The molecule has 88 valence electrons. The molecule has 17 heavy (non-hydrogen) atoms. The molecule has 0 saturated heterocycles. The van der Waals surface area contributed by atoms with Crippen LogP contribution in [0.4, 0.5) is 0 Å². The van der Waals surface area contributed by atoms with E-state index in [1.165, 1.54) is 0 Å². The molecule has 0 radical (unpaired) electrons. The largest absolute Gasteiger partial charge is 0.500 e. The van der Waals surface area contributed by atoms with E-state index in [1.54, 1.807) is 12.2 Å². The second-order valence-electron chi connectivity index (χ2n) is 3.36. The summed E-state index contributed by atoms with van der Waals surface area (Å²) < 4.78 is 6.39. The van der Waals surface area contributed by atoms with Crippen molar-refractivity contribution < 1.29 is 14.6 Å². The summed E-state index contributed by atoms with van der Waals surface area (Å²) in [6.07, 6.45) is 4.14. The molecule has 1 aliphatic rings. The highest BCUT2D eigenvalue weighted by molar-refractivity contribution is 14.2. The molecule has 0 amide bonds. The van der Waals surface area contributed by atoms with E-state index in [-0.39, 0.29) is 3.77 Å². The van der Waals surface area contributed by atoms with Crippen LogP contribution in [0.2, 0.25) is 0 Å². The molecule has 0 fully saturated rings. The van der Waals surface area contributed by atoms with Gasteiger partial charge in [0.25, 0.3) is 0 Å². The Morgan fingerprint density at radius 2 is 2.00 bits per heavy atom. The maximum atomic E-state index is 10.6. The van der Waals surface area contributed by atoms with Gasteiger partial charge in [-0.25, -0.2) is 0 Å². The molecule has 0 aromatic heterocycles. The summed E-state index contributed by atoms with van der Waals surface area (Å²) in [5.41, 5.74) is 1.05. The first kappa shape index (κ1) is 12.0. The third-order valence-electron chi connectivity index (χ3n) is 2.15. The average Bonchev–Trinajstić information content (AvgIpc) is 2.38. The number of hydrogen-bond donors (Lipinski definition) is 1. The Kier molecular flexibility index (Phi) is 4.08. The van der Waals surface area contributed by atoms with Crippen molar-refractivity contribution in [3.05, 3.63) is 57.6 Å². The SMILES string of the molecule is O=CC1=IC(O)=C(OCc2ccccc2)C=C1. The van der Waals surface area contributed by atoms with E-state index in [9.17, 15) is 9.90 Å². The number of carbonyl (C=O) groups excluding carboxylic acids is 1. The molecular formula is C13H11IO3. The number of hydrogen-bond acceptors (Lipinski definition) is 3. The van der Waals surface area contributed by atoms with Gasteiger partial charge >= 0.3 is 0 Å². The van der Waals surface area contributed by atoms with Crippen LogP contribution >= 0.6 is 20.7 Å².